The topological polar surface area (TPSA) is 176 Å². The zero-order valence-corrected chi connectivity index (χ0v) is 21.0. The van der Waals surface area contributed by atoms with E-state index in [0.29, 0.717) is 5.56 Å². The van der Waals surface area contributed by atoms with Crippen LogP contribution >= 0.6 is 12.6 Å². The quantitative estimate of drug-likeness (QED) is 0.256. The Morgan fingerprint density at radius 1 is 1.18 bits per heavy atom. The van der Waals surface area contributed by atoms with Crippen molar-refractivity contribution in [1.82, 2.24) is 10.3 Å². The first-order valence-electron chi connectivity index (χ1n) is 11.3. The number of benzene rings is 2. The van der Waals surface area contributed by atoms with Crippen molar-refractivity contribution >= 4 is 53.0 Å². The number of anilines is 1. The third kappa shape index (κ3) is 7.06. The summed E-state index contributed by atoms with van der Waals surface area (Å²) < 4.78 is 5.34. The van der Waals surface area contributed by atoms with Gasteiger partial charge < -0.3 is 9.84 Å². The number of likely N-dealkylation sites (tertiary alicyclic amines) is 1. The molecular formula is C24H24N4O9S. The van der Waals surface area contributed by atoms with Gasteiger partial charge in [-0.15, -0.1) is 12.6 Å². The lowest BCUT2D eigenvalue weighted by Gasteiger charge is -2.29. The summed E-state index contributed by atoms with van der Waals surface area (Å²) in [7, 11) is 0. The lowest BCUT2D eigenvalue weighted by molar-refractivity contribution is -0.384. The molecule has 1 aliphatic rings. The first-order chi connectivity index (χ1) is 18.0. The minimum absolute atomic E-state index is 0.00905. The van der Waals surface area contributed by atoms with Crippen LogP contribution in [0.25, 0.3) is 0 Å². The highest BCUT2D eigenvalue weighted by atomic mass is 32.1. The van der Waals surface area contributed by atoms with Gasteiger partial charge in [0.2, 0.25) is 5.91 Å². The number of nitrogens with one attached hydrogen (secondary N) is 1. The molecule has 2 aromatic carbocycles. The molecule has 0 radical (unpaired) electrons. The number of nitrogens with zero attached hydrogens (tertiary/aromatic N) is 3. The highest BCUT2D eigenvalue weighted by Gasteiger charge is 2.43. The first kappa shape index (κ1) is 28.1. The van der Waals surface area contributed by atoms with Crippen LogP contribution in [-0.2, 0) is 25.7 Å². The standard InChI is InChI=1S/C24H24N4O9S/c1-14(29)25-27(19-4-2-3-17(11-19)23(32)33)22(31)20-9-16(10-21(30)38)12-26(20)24(34)37-13-15-5-7-18(8-6-15)28(35)36/h2-8,11,16,20H,9-10,12-13H2,1H3,(H,25,29)(H,30,38)(H,32,33)/t16-,20-/m0/s1. The van der Waals surface area contributed by atoms with E-state index in [0.717, 1.165) is 16.8 Å². The van der Waals surface area contributed by atoms with Crippen LogP contribution in [0.15, 0.2) is 48.5 Å². The van der Waals surface area contributed by atoms with Crippen molar-refractivity contribution < 1.29 is 38.7 Å². The number of nitro benzene ring substituents is 1. The zero-order chi connectivity index (χ0) is 28.0. The van der Waals surface area contributed by atoms with E-state index < -0.39 is 45.9 Å². The van der Waals surface area contributed by atoms with Crippen molar-refractivity contribution in [3.05, 3.63) is 69.8 Å². The largest absolute Gasteiger partial charge is 0.478 e. The number of non-ortho nitro benzene ring substituents is 1. The number of ether oxygens (including phenoxy) is 1. The molecule has 3 rings (SSSR count). The molecule has 0 bridgehead atoms. The minimum Gasteiger partial charge on any atom is -0.478 e. The van der Waals surface area contributed by atoms with Gasteiger partial charge in [0, 0.05) is 32.0 Å². The molecule has 0 aliphatic carbocycles. The maximum Gasteiger partial charge on any atom is 0.410 e. The summed E-state index contributed by atoms with van der Waals surface area (Å²) in [5.74, 6) is -3.03. The molecule has 0 unspecified atom stereocenters. The van der Waals surface area contributed by atoms with E-state index in [9.17, 15) is 39.2 Å². The molecule has 0 spiro atoms. The number of hydrogen-bond acceptors (Lipinski definition) is 8. The number of carbonyl (C=O) groups is 5. The van der Waals surface area contributed by atoms with Gasteiger partial charge in [-0.3, -0.25) is 34.8 Å². The third-order valence-electron chi connectivity index (χ3n) is 5.72. The lowest BCUT2D eigenvalue weighted by Crippen LogP contribution is -2.54. The maximum absolute atomic E-state index is 13.6. The minimum atomic E-state index is -1.24. The Balaban J connectivity index is 1.85. The Hall–Kier alpha value is -4.46. The van der Waals surface area contributed by atoms with Gasteiger partial charge in [-0.05, 0) is 48.2 Å². The van der Waals surface area contributed by atoms with Gasteiger partial charge in [0.25, 0.3) is 11.6 Å². The Kier molecular flexibility index (Phi) is 9.02. The fourth-order valence-electron chi connectivity index (χ4n) is 4.03. The summed E-state index contributed by atoms with van der Waals surface area (Å²) in [6.07, 6.45) is -0.835. The average Bonchev–Trinajstić information content (AvgIpc) is 3.28. The molecule has 1 saturated heterocycles. The van der Waals surface area contributed by atoms with Crippen molar-refractivity contribution in [2.24, 2.45) is 5.92 Å². The third-order valence-corrected chi connectivity index (χ3v) is 5.90. The summed E-state index contributed by atoms with van der Waals surface area (Å²) in [4.78, 5) is 73.0. The van der Waals surface area contributed by atoms with E-state index >= 15 is 0 Å². The number of aromatic carboxylic acids is 1. The molecule has 1 heterocycles. The summed E-state index contributed by atoms with van der Waals surface area (Å²) in [5, 5.41) is 20.6. The Morgan fingerprint density at radius 3 is 2.45 bits per heavy atom. The molecule has 2 N–H and O–H groups in total. The van der Waals surface area contributed by atoms with E-state index in [4.69, 9.17) is 4.74 Å². The van der Waals surface area contributed by atoms with E-state index in [1.165, 1.54) is 48.5 Å². The molecule has 2 atom stereocenters. The monoisotopic (exact) mass is 544 g/mol. The number of hydrazine groups is 1. The Labute approximate surface area is 221 Å². The predicted molar refractivity (Wildman–Crippen MR) is 135 cm³/mol. The number of amides is 3. The molecule has 1 aliphatic heterocycles. The van der Waals surface area contributed by atoms with E-state index in [-0.39, 0.29) is 42.9 Å². The number of carboxylic acids is 1. The van der Waals surface area contributed by atoms with Crippen LogP contribution in [0, 0.1) is 16.0 Å². The van der Waals surface area contributed by atoms with Crippen molar-refractivity contribution in [2.75, 3.05) is 11.6 Å². The van der Waals surface area contributed by atoms with Crippen LogP contribution in [-0.4, -0.2) is 56.5 Å². The molecule has 1 fully saturated rings. The van der Waals surface area contributed by atoms with E-state index in [2.05, 4.69) is 18.1 Å². The number of thiol groups is 1. The molecular weight excluding hydrogens is 520 g/mol. The summed E-state index contributed by atoms with van der Waals surface area (Å²) in [5.41, 5.74) is 2.63. The van der Waals surface area contributed by atoms with Gasteiger partial charge in [-0.2, -0.15) is 0 Å². The van der Waals surface area contributed by atoms with E-state index in [1.807, 2.05) is 0 Å². The fraction of sp³-hybridized carbons (Fsp3) is 0.292. The number of hydrogen-bond donors (Lipinski definition) is 3. The highest BCUT2D eigenvalue weighted by Crippen LogP contribution is 2.30. The van der Waals surface area contributed by atoms with Gasteiger partial charge in [0.05, 0.1) is 16.2 Å². The van der Waals surface area contributed by atoms with Gasteiger partial charge in [0.1, 0.15) is 12.6 Å². The van der Waals surface area contributed by atoms with Crippen molar-refractivity contribution in [3.63, 3.8) is 0 Å². The average molecular weight is 545 g/mol. The van der Waals surface area contributed by atoms with E-state index in [1.54, 1.807) is 0 Å². The lowest BCUT2D eigenvalue weighted by atomic mass is 10.0. The van der Waals surface area contributed by atoms with Gasteiger partial charge in [-0.1, -0.05) is 6.07 Å². The molecule has 200 valence electrons. The number of nitro groups is 1. The van der Waals surface area contributed by atoms with Crippen molar-refractivity contribution in [3.8, 4) is 0 Å². The summed E-state index contributed by atoms with van der Waals surface area (Å²) in [6, 6.07) is 9.53. The van der Waals surface area contributed by atoms with Gasteiger partial charge in [0.15, 0.2) is 5.12 Å². The Morgan fingerprint density at radius 2 is 1.87 bits per heavy atom. The molecule has 38 heavy (non-hydrogen) atoms. The molecule has 13 nitrogen and oxygen atoms in total. The smallest absolute Gasteiger partial charge is 0.410 e. The molecule has 2 aromatic rings. The van der Waals surface area contributed by atoms with Crippen LogP contribution < -0.4 is 10.4 Å². The second-order valence-electron chi connectivity index (χ2n) is 8.54. The summed E-state index contributed by atoms with van der Waals surface area (Å²) >= 11 is 3.79. The van der Waals surface area contributed by atoms with Gasteiger partial charge >= 0.3 is 12.1 Å². The van der Waals surface area contributed by atoms with Crippen LogP contribution in [0.5, 0.6) is 0 Å². The second kappa shape index (κ2) is 12.2. The zero-order valence-electron chi connectivity index (χ0n) is 20.1. The maximum atomic E-state index is 13.6. The van der Waals surface area contributed by atoms with Crippen LogP contribution in [0.1, 0.15) is 35.7 Å². The van der Waals surface area contributed by atoms with Crippen LogP contribution in [0.3, 0.4) is 0 Å². The van der Waals surface area contributed by atoms with Crippen molar-refractivity contribution in [2.45, 2.75) is 32.4 Å². The van der Waals surface area contributed by atoms with Crippen molar-refractivity contribution in [1.29, 1.82) is 0 Å². The predicted octanol–water partition coefficient (Wildman–Crippen LogP) is 2.55. The molecule has 14 heteroatoms. The van der Waals surface area contributed by atoms with Crippen LogP contribution in [0.4, 0.5) is 16.2 Å². The van der Waals surface area contributed by atoms with Gasteiger partial charge in [-0.25, -0.2) is 14.6 Å². The number of carbonyl (C=O) groups excluding carboxylic acids is 4. The number of rotatable bonds is 8. The first-order valence-corrected chi connectivity index (χ1v) is 11.7. The molecule has 3 amide bonds. The molecule has 0 aromatic heterocycles. The normalized spacial score (nSPS) is 16.4. The number of carboxylic acid groups (broad SMARTS) is 1. The molecule has 0 saturated carbocycles. The second-order valence-corrected chi connectivity index (χ2v) is 9.04. The summed E-state index contributed by atoms with van der Waals surface area (Å²) in [6.45, 7) is 0.917. The SMILES string of the molecule is CC(=O)NN(C(=O)[C@@H]1C[C@@H](CC(=O)S)CN1C(=O)OCc1ccc([N+](=O)[O-])cc1)c1cccc(C(=O)O)c1. The Bertz CT molecular complexity index is 1270. The highest BCUT2D eigenvalue weighted by molar-refractivity contribution is 7.96. The van der Waals surface area contributed by atoms with Crippen LogP contribution in [0.2, 0.25) is 0 Å². The fourth-order valence-corrected chi connectivity index (χ4v) is 4.29.